The summed E-state index contributed by atoms with van der Waals surface area (Å²) in [5.41, 5.74) is 2.04. The zero-order chi connectivity index (χ0) is 14.5. The lowest BCUT2D eigenvalue weighted by molar-refractivity contribution is -0.385. The molecule has 0 aliphatic heterocycles. The third-order valence-corrected chi connectivity index (χ3v) is 4.53. The molecular weight excluding hydrogens is 252 g/mol. The van der Waals surface area contributed by atoms with Gasteiger partial charge in [-0.05, 0) is 31.2 Å². The molecule has 1 aromatic carbocycles. The summed E-state index contributed by atoms with van der Waals surface area (Å²) < 4.78 is 0. The number of rotatable bonds is 4. The number of nitro benzene ring substituents is 1. The molecule has 0 heterocycles. The Kier molecular flexibility index (Phi) is 5.12. The number of nitro groups is 1. The van der Waals surface area contributed by atoms with Crippen LogP contribution in [0.5, 0.6) is 0 Å². The van der Waals surface area contributed by atoms with E-state index in [1.54, 1.807) is 12.1 Å². The minimum atomic E-state index is -0.299. The number of benzene rings is 1. The number of nitrogens with zero attached hydrogens (tertiary/aromatic N) is 1. The first kappa shape index (κ1) is 15.0. The Hall–Kier alpha value is -1.42. The predicted octanol–water partition coefficient (Wildman–Crippen LogP) is 3.96. The van der Waals surface area contributed by atoms with Gasteiger partial charge in [-0.2, -0.15) is 0 Å². The highest BCUT2D eigenvalue weighted by atomic mass is 16.6. The molecule has 0 saturated heterocycles. The lowest BCUT2D eigenvalue weighted by Gasteiger charge is -2.23. The van der Waals surface area contributed by atoms with Gasteiger partial charge in [0.1, 0.15) is 0 Å². The minimum absolute atomic E-state index is 0.221. The van der Waals surface area contributed by atoms with Crippen molar-refractivity contribution in [1.82, 2.24) is 5.32 Å². The van der Waals surface area contributed by atoms with Crippen LogP contribution in [-0.2, 0) is 6.54 Å². The van der Waals surface area contributed by atoms with Gasteiger partial charge in [-0.3, -0.25) is 10.1 Å². The molecule has 20 heavy (non-hydrogen) atoms. The van der Waals surface area contributed by atoms with Crippen LogP contribution >= 0.6 is 0 Å². The van der Waals surface area contributed by atoms with Gasteiger partial charge < -0.3 is 5.32 Å². The van der Waals surface area contributed by atoms with E-state index >= 15 is 0 Å². The Bertz CT molecular complexity index is 474. The van der Waals surface area contributed by atoms with E-state index in [1.165, 1.54) is 32.1 Å². The van der Waals surface area contributed by atoms with Crippen molar-refractivity contribution in [3.63, 3.8) is 0 Å². The van der Waals surface area contributed by atoms with Crippen LogP contribution in [0.15, 0.2) is 18.2 Å². The van der Waals surface area contributed by atoms with Crippen LogP contribution in [0.1, 0.15) is 50.2 Å². The first-order valence-electron chi connectivity index (χ1n) is 7.56. The van der Waals surface area contributed by atoms with Crippen LogP contribution in [-0.4, -0.2) is 11.0 Å². The summed E-state index contributed by atoms with van der Waals surface area (Å²) in [5.74, 6) is 0.691. The Morgan fingerprint density at radius 2 is 2.05 bits per heavy atom. The van der Waals surface area contributed by atoms with Gasteiger partial charge in [-0.15, -0.1) is 0 Å². The van der Waals surface area contributed by atoms with E-state index in [0.717, 1.165) is 17.7 Å². The van der Waals surface area contributed by atoms with Gasteiger partial charge in [0, 0.05) is 24.2 Å². The van der Waals surface area contributed by atoms with Gasteiger partial charge in [0.05, 0.1) is 4.92 Å². The second-order valence-corrected chi connectivity index (χ2v) is 5.92. The van der Waals surface area contributed by atoms with Crippen LogP contribution in [0, 0.1) is 23.0 Å². The molecule has 1 fully saturated rings. The Balaban J connectivity index is 2.03. The molecule has 0 bridgehead atoms. The van der Waals surface area contributed by atoms with Gasteiger partial charge in [0.2, 0.25) is 0 Å². The topological polar surface area (TPSA) is 55.2 Å². The van der Waals surface area contributed by atoms with E-state index in [0.29, 0.717) is 12.0 Å². The lowest BCUT2D eigenvalue weighted by Crippen LogP contribution is -2.34. The first-order valence-corrected chi connectivity index (χ1v) is 7.56. The van der Waals surface area contributed by atoms with E-state index in [1.807, 2.05) is 13.0 Å². The molecule has 110 valence electrons. The summed E-state index contributed by atoms with van der Waals surface area (Å²) >= 11 is 0. The second-order valence-electron chi connectivity index (χ2n) is 5.92. The molecule has 0 radical (unpaired) electrons. The summed E-state index contributed by atoms with van der Waals surface area (Å²) in [5, 5.41) is 14.6. The van der Waals surface area contributed by atoms with Gasteiger partial charge in [0.15, 0.2) is 0 Å². The SMILES string of the molecule is Cc1c(CNC2CCCCCC2C)cccc1[N+](=O)[O-]. The van der Waals surface area contributed by atoms with Gasteiger partial charge in [0.25, 0.3) is 5.69 Å². The van der Waals surface area contributed by atoms with Crippen LogP contribution < -0.4 is 5.32 Å². The molecule has 2 atom stereocenters. The maximum atomic E-state index is 11.0. The van der Waals surface area contributed by atoms with Crippen LogP contribution in [0.2, 0.25) is 0 Å². The Morgan fingerprint density at radius 3 is 2.80 bits per heavy atom. The van der Waals surface area contributed by atoms with Crippen molar-refractivity contribution in [2.24, 2.45) is 5.92 Å². The zero-order valence-electron chi connectivity index (χ0n) is 12.4. The molecule has 1 aliphatic carbocycles. The highest BCUT2D eigenvalue weighted by Crippen LogP contribution is 2.25. The fourth-order valence-corrected chi connectivity index (χ4v) is 3.10. The van der Waals surface area contributed by atoms with Gasteiger partial charge in [-0.1, -0.05) is 38.3 Å². The molecule has 2 rings (SSSR count). The summed E-state index contributed by atoms with van der Waals surface area (Å²) in [4.78, 5) is 10.7. The van der Waals surface area contributed by atoms with Crippen molar-refractivity contribution in [3.8, 4) is 0 Å². The molecule has 2 unspecified atom stereocenters. The third-order valence-electron chi connectivity index (χ3n) is 4.53. The largest absolute Gasteiger partial charge is 0.310 e. The smallest absolute Gasteiger partial charge is 0.272 e. The minimum Gasteiger partial charge on any atom is -0.310 e. The summed E-state index contributed by atoms with van der Waals surface area (Å²) in [7, 11) is 0. The molecular formula is C16H24N2O2. The van der Waals surface area contributed by atoms with E-state index in [4.69, 9.17) is 0 Å². The first-order chi connectivity index (χ1) is 9.59. The average molecular weight is 276 g/mol. The van der Waals surface area contributed by atoms with E-state index in [-0.39, 0.29) is 10.6 Å². The van der Waals surface area contributed by atoms with Gasteiger partial charge >= 0.3 is 0 Å². The fourth-order valence-electron chi connectivity index (χ4n) is 3.10. The molecule has 1 aliphatic rings. The maximum Gasteiger partial charge on any atom is 0.272 e. The summed E-state index contributed by atoms with van der Waals surface area (Å²) in [6.45, 7) is 4.87. The van der Waals surface area contributed by atoms with Crippen molar-refractivity contribution in [1.29, 1.82) is 0 Å². The average Bonchev–Trinajstić information content (AvgIpc) is 2.62. The van der Waals surface area contributed by atoms with Crippen LogP contribution in [0.25, 0.3) is 0 Å². The molecule has 1 N–H and O–H groups in total. The van der Waals surface area contributed by atoms with Crippen molar-refractivity contribution in [3.05, 3.63) is 39.4 Å². The lowest BCUT2D eigenvalue weighted by atomic mass is 9.96. The maximum absolute atomic E-state index is 11.0. The highest BCUT2D eigenvalue weighted by molar-refractivity contribution is 5.44. The van der Waals surface area contributed by atoms with Crippen molar-refractivity contribution < 1.29 is 4.92 Å². The van der Waals surface area contributed by atoms with Crippen molar-refractivity contribution in [2.75, 3.05) is 0 Å². The van der Waals surface area contributed by atoms with Crippen molar-refractivity contribution in [2.45, 2.75) is 58.5 Å². The Labute approximate surface area is 120 Å². The second kappa shape index (κ2) is 6.84. The van der Waals surface area contributed by atoms with E-state index in [9.17, 15) is 10.1 Å². The number of hydrogen-bond acceptors (Lipinski definition) is 3. The normalized spacial score (nSPS) is 23.3. The van der Waals surface area contributed by atoms with E-state index in [2.05, 4.69) is 12.2 Å². The summed E-state index contributed by atoms with van der Waals surface area (Å²) in [6.07, 6.45) is 6.45. The predicted molar refractivity (Wildman–Crippen MR) is 80.7 cm³/mol. The molecule has 1 saturated carbocycles. The highest BCUT2D eigenvalue weighted by Gasteiger charge is 2.20. The number of hydrogen-bond donors (Lipinski definition) is 1. The standard InChI is InChI=1S/C16H24N2O2/c1-12-7-4-3-5-9-15(12)17-11-14-8-6-10-16(13(14)2)18(19)20/h6,8,10,12,15,17H,3-5,7,9,11H2,1-2H3. The quantitative estimate of drug-likeness (QED) is 0.514. The molecule has 1 aromatic rings. The third kappa shape index (κ3) is 3.57. The molecule has 4 nitrogen and oxygen atoms in total. The van der Waals surface area contributed by atoms with Crippen LogP contribution in [0.3, 0.4) is 0 Å². The van der Waals surface area contributed by atoms with Crippen LogP contribution in [0.4, 0.5) is 5.69 Å². The summed E-state index contributed by atoms with van der Waals surface area (Å²) in [6, 6.07) is 5.87. The number of nitrogens with one attached hydrogen (secondary N) is 1. The monoisotopic (exact) mass is 276 g/mol. The molecule has 0 spiro atoms. The molecule has 0 aromatic heterocycles. The van der Waals surface area contributed by atoms with Gasteiger partial charge in [-0.25, -0.2) is 0 Å². The molecule has 0 amide bonds. The fraction of sp³-hybridized carbons (Fsp3) is 0.625. The van der Waals surface area contributed by atoms with E-state index < -0.39 is 0 Å². The zero-order valence-corrected chi connectivity index (χ0v) is 12.4. The molecule has 4 heteroatoms. The van der Waals surface area contributed by atoms with Crippen molar-refractivity contribution >= 4 is 5.69 Å². The Morgan fingerprint density at radius 1 is 1.30 bits per heavy atom.